The summed E-state index contributed by atoms with van der Waals surface area (Å²) in [5.74, 6) is 1.70. The number of ether oxygens (including phenoxy) is 2. The van der Waals surface area contributed by atoms with E-state index in [0.29, 0.717) is 42.2 Å². The van der Waals surface area contributed by atoms with Crippen LogP contribution in [0.2, 0.25) is 0 Å². The van der Waals surface area contributed by atoms with Crippen LogP contribution in [0.5, 0.6) is 11.5 Å². The molecule has 30 heavy (non-hydrogen) atoms. The number of H-pyrrole nitrogens is 1. The third-order valence-electron chi connectivity index (χ3n) is 4.89. The van der Waals surface area contributed by atoms with Crippen molar-refractivity contribution in [3.63, 3.8) is 0 Å². The van der Waals surface area contributed by atoms with Crippen molar-refractivity contribution in [2.45, 2.75) is 19.9 Å². The van der Waals surface area contributed by atoms with Crippen LogP contribution < -0.4 is 15.0 Å². The molecular formula is C23H23N3O4. The van der Waals surface area contributed by atoms with Gasteiger partial charge in [-0.05, 0) is 42.8 Å². The second-order valence-corrected chi connectivity index (χ2v) is 6.97. The van der Waals surface area contributed by atoms with Gasteiger partial charge in [0.05, 0.1) is 30.7 Å². The van der Waals surface area contributed by atoms with E-state index in [1.807, 2.05) is 31.2 Å². The van der Waals surface area contributed by atoms with Crippen molar-refractivity contribution in [3.05, 3.63) is 70.3 Å². The summed E-state index contributed by atoms with van der Waals surface area (Å²) in [5, 5.41) is 0.532. The molecule has 1 aliphatic rings. The minimum Gasteiger partial charge on any atom is -0.490 e. The largest absolute Gasteiger partial charge is 0.490 e. The van der Waals surface area contributed by atoms with E-state index in [1.54, 1.807) is 29.2 Å². The Bertz CT molecular complexity index is 1150. The number of nitrogens with zero attached hydrogens (tertiary/aromatic N) is 2. The highest BCUT2D eigenvalue weighted by Gasteiger charge is 2.13. The molecule has 1 N–H and O–H groups in total. The molecule has 2 heterocycles. The van der Waals surface area contributed by atoms with Crippen LogP contribution in [0.4, 0.5) is 0 Å². The maximum Gasteiger partial charge on any atom is 0.258 e. The molecule has 2 aromatic carbocycles. The zero-order valence-electron chi connectivity index (χ0n) is 16.8. The zero-order valence-corrected chi connectivity index (χ0v) is 16.8. The molecule has 3 aromatic rings. The summed E-state index contributed by atoms with van der Waals surface area (Å²) >= 11 is 0. The number of fused-ring (bicyclic) bond motifs is 2. The molecule has 0 saturated heterocycles. The molecule has 1 aliphatic heterocycles. The molecule has 0 saturated carbocycles. The maximum atomic E-state index is 12.7. The van der Waals surface area contributed by atoms with Crippen molar-refractivity contribution in [1.29, 1.82) is 0 Å². The summed E-state index contributed by atoms with van der Waals surface area (Å²) < 4.78 is 11.3. The number of carbonyl (C=O) groups excluding carboxylic acids is 1. The Kier molecular flexibility index (Phi) is 5.79. The first-order chi connectivity index (χ1) is 14.6. The predicted molar refractivity (Wildman–Crippen MR) is 115 cm³/mol. The number of hydrogen-bond donors (Lipinski definition) is 1. The number of aromatic nitrogens is 2. The first-order valence-corrected chi connectivity index (χ1v) is 9.98. The summed E-state index contributed by atoms with van der Waals surface area (Å²) in [7, 11) is 0. The van der Waals surface area contributed by atoms with Crippen LogP contribution in [0.3, 0.4) is 0 Å². The number of carbonyl (C=O) groups is 1. The number of aromatic amines is 1. The van der Waals surface area contributed by atoms with Gasteiger partial charge in [-0.2, -0.15) is 0 Å². The molecule has 154 valence electrons. The molecule has 0 spiro atoms. The van der Waals surface area contributed by atoms with Gasteiger partial charge in [0.1, 0.15) is 5.82 Å². The van der Waals surface area contributed by atoms with Gasteiger partial charge in [0, 0.05) is 19.0 Å². The van der Waals surface area contributed by atoms with E-state index < -0.39 is 0 Å². The Hall–Kier alpha value is -3.61. The molecule has 0 radical (unpaired) electrons. The highest BCUT2D eigenvalue weighted by molar-refractivity contribution is 5.91. The number of amides is 1. The Morgan fingerprint density at radius 3 is 2.80 bits per heavy atom. The van der Waals surface area contributed by atoms with E-state index in [2.05, 4.69) is 9.97 Å². The van der Waals surface area contributed by atoms with Crippen LogP contribution >= 0.6 is 0 Å². The van der Waals surface area contributed by atoms with E-state index in [0.717, 1.165) is 17.7 Å². The van der Waals surface area contributed by atoms with Gasteiger partial charge in [-0.1, -0.05) is 18.2 Å². The summed E-state index contributed by atoms with van der Waals surface area (Å²) in [4.78, 5) is 33.8. The number of nitrogens with one attached hydrogen (secondary N) is 1. The monoisotopic (exact) mass is 405 g/mol. The van der Waals surface area contributed by atoms with E-state index in [-0.39, 0.29) is 18.0 Å². The lowest BCUT2D eigenvalue weighted by atomic mass is 10.2. The van der Waals surface area contributed by atoms with E-state index >= 15 is 0 Å². The van der Waals surface area contributed by atoms with Crippen molar-refractivity contribution < 1.29 is 14.3 Å². The van der Waals surface area contributed by atoms with Gasteiger partial charge in [0.15, 0.2) is 11.5 Å². The summed E-state index contributed by atoms with van der Waals surface area (Å²) in [5.41, 5.74) is 1.25. The highest BCUT2D eigenvalue weighted by atomic mass is 16.5. The fourth-order valence-corrected chi connectivity index (χ4v) is 3.29. The fraction of sp³-hybridized carbons (Fsp3) is 0.261. The summed E-state index contributed by atoms with van der Waals surface area (Å²) in [6, 6.07) is 12.7. The first-order valence-electron chi connectivity index (χ1n) is 9.98. The van der Waals surface area contributed by atoms with Crippen molar-refractivity contribution in [2.24, 2.45) is 0 Å². The third-order valence-corrected chi connectivity index (χ3v) is 4.89. The zero-order chi connectivity index (χ0) is 20.9. The molecule has 0 atom stereocenters. The number of likely N-dealkylation sites (N-methyl/N-ethyl adjacent to an activating group) is 1. The average Bonchev–Trinajstić information content (AvgIpc) is 3.01. The van der Waals surface area contributed by atoms with Crippen LogP contribution in [0, 0.1) is 0 Å². The number of rotatable bonds is 5. The third kappa shape index (κ3) is 4.35. The highest BCUT2D eigenvalue weighted by Crippen LogP contribution is 2.30. The topological polar surface area (TPSA) is 84.5 Å². The van der Waals surface area contributed by atoms with Crippen LogP contribution in [-0.4, -0.2) is 40.5 Å². The van der Waals surface area contributed by atoms with Gasteiger partial charge in [-0.3, -0.25) is 9.59 Å². The molecule has 1 aromatic heterocycles. The normalized spacial score (nSPS) is 13.4. The molecule has 4 rings (SSSR count). The maximum absolute atomic E-state index is 12.7. The second-order valence-electron chi connectivity index (χ2n) is 6.97. The van der Waals surface area contributed by atoms with E-state index in [4.69, 9.17) is 9.47 Å². The molecule has 0 bridgehead atoms. The van der Waals surface area contributed by atoms with Gasteiger partial charge in [-0.15, -0.1) is 0 Å². The SMILES string of the molecule is CCN(Cc1nc2ccccc2c(=O)[nH]1)C(=O)C=Cc1ccc2c(c1)OCCCO2. The minimum absolute atomic E-state index is 0.166. The summed E-state index contributed by atoms with van der Waals surface area (Å²) in [6.45, 7) is 3.84. The van der Waals surface area contributed by atoms with E-state index in [1.165, 1.54) is 6.08 Å². The Balaban J connectivity index is 1.49. The van der Waals surface area contributed by atoms with Crippen LogP contribution in [0.15, 0.2) is 53.3 Å². The molecule has 7 nitrogen and oxygen atoms in total. The molecular weight excluding hydrogens is 382 g/mol. The standard InChI is InChI=1S/C23H23N3O4/c1-2-26(15-21-24-18-7-4-3-6-17(18)23(28)25-21)22(27)11-9-16-8-10-19-20(14-16)30-13-5-12-29-19/h3-4,6-11,14H,2,5,12-13,15H2,1H3,(H,24,25,28). The number of benzene rings is 2. The Morgan fingerprint density at radius 1 is 1.17 bits per heavy atom. The van der Waals surface area contributed by atoms with Crippen molar-refractivity contribution >= 4 is 22.9 Å². The van der Waals surface area contributed by atoms with Crippen LogP contribution in [-0.2, 0) is 11.3 Å². The van der Waals surface area contributed by atoms with E-state index in [9.17, 15) is 9.59 Å². The molecule has 0 unspecified atom stereocenters. The quantitative estimate of drug-likeness (QED) is 0.659. The average molecular weight is 405 g/mol. The molecule has 7 heteroatoms. The van der Waals surface area contributed by atoms with Gasteiger partial charge in [-0.25, -0.2) is 4.98 Å². The first kappa shape index (κ1) is 19.7. The Morgan fingerprint density at radius 2 is 1.97 bits per heavy atom. The number of para-hydroxylation sites is 1. The fourth-order valence-electron chi connectivity index (χ4n) is 3.29. The lowest BCUT2D eigenvalue weighted by Gasteiger charge is -2.18. The Labute approximate surface area is 174 Å². The molecule has 0 fully saturated rings. The molecule has 0 aliphatic carbocycles. The van der Waals surface area contributed by atoms with Crippen molar-refractivity contribution in [1.82, 2.24) is 14.9 Å². The predicted octanol–water partition coefficient (Wildman–Crippen LogP) is 3.15. The minimum atomic E-state index is -0.207. The van der Waals surface area contributed by atoms with Gasteiger partial charge in [0.2, 0.25) is 5.91 Å². The lowest BCUT2D eigenvalue weighted by Crippen LogP contribution is -2.30. The van der Waals surface area contributed by atoms with Gasteiger partial charge < -0.3 is 19.4 Å². The smallest absolute Gasteiger partial charge is 0.258 e. The van der Waals surface area contributed by atoms with Crippen LogP contribution in [0.1, 0.15) is 24.7 Å². The number of hydrogen-bond acceptors (Lipinski definition) is 5. The molecule has 1 amide bonds. The van der Waals surface area contributed by atoms with Gasteiger partial charge in [0.25, 0.3) is 5.56 Å². The lowest BCUT2D eigenvalue weighted by molar-refractivity contribution is -0.126. The van der Waals surface area contributed by atoms with Crippen molar-refractivity contribution in [3.8, 4) is 11.5 Å². The van der Waals surface area contributed by atoms with Gasteiger partial charge >= 0.3 is 0 Å². The van der Waals surface area contributed by atoms with Crippen LogP contribution in [0.25, 0.3) is 17.0 Å². The van der Waals surface area contributed by atoms with Crippen molar-refractivity contribution in [2.75, 3.05) is 19.8 Å². The summed E-state index contributed by atoms with van der Waals surface area (Å²) in [6.07, 6.45) is 4.10. The second kappa shape index (κ2) is 8.82.